The molecular weight excluding hydrogens is 376 g/mol. The summed E-state index contributed by atoms with van der Waals surface area (Å²) < 4.78 is 58.1. The van der Waals surface area contributed by atoms with Crippen molar-refractivity contribution in [3.63, 3.8) is 0 Å². The van der Waals surface area contributed by atoms with Crippen molar-refractivity contribution >= 4 is 31.4 Å². The minimum Gasteiger partial charge on any atom is -0.496 e. The van der Waals surface area contributed by atoms with Crippen LogP contribution < -0.4 is 13.8 Å². The highest BCUT2D eigenvalue weighted by Crippen LogP contribution is 2.31. The molecule has 0 aromatic heterocycles. The first kappa shape index (κ1) is 20.1. The second-order valence-electron chi connectivity index (χ2n) is 5.94. The number of nitrogens with zero attached hydrogens (tertiary/aromatic N) is 1. The molecular formula is C17H22N2O5S2. The molecule has 0 saturated heterocycles. The Morgan fingerprint density at radius 2 is 1.62 bits per heavy atom. The van der Waals surface area contributed by atoms with Crippen LogP contribution in [0.1, 0.15) is 11.1 Å². The predicted octanol–water partition coefficient (Wildman–Crippen LogP) is 2.51. The summed E-state index contributed by atoms with van der Waals surface area (Å²) in [6.07, 6.45) is 1.05. The molecule has 2 rings (SSSR count). The first-order chi connectivity index (χ1) is 12.0. The summed E-state index contributed by atoms with van der Waals surface area (Å²) in [7, 11) is -4.57. The maximum atomic E-state index is 12.9. The first-order valence-corrected chi connectivity index (χ1v) is 11.0. The summed E-state index contributed by atoms with van der Waals surface area (Å²) in [6, 6.07) is 9.49. The topological polar surface area (TPSA) is 92.8 Å². The van der Waals surface area contributed by atoms with Crippen LogP contribution in [0.5, 0.6) is 5.75 Å². The molecule has 9 heteroatoms. The Morgan fingerprint density at radius 1 is 1.00 bits per heavy atom. The van der Waals surface area contributed by atoms with Gasteiger partial charge in [0.1, 0.15) is 5.75 Å². The Kier molecular flexibility index (Phi) is 5.52. The Bertz CT molecular complexity index is 1030. The number of para-hydroxylation sites is 2. The number of sulfonamides is 2. The lowest BCUT2D eigenvalue weighted by Gasteiger charge is -2.21. The average molecular weight is 399 g/mol. The number of benzene rings is 2. The van der Waals surface area contributed by atoms with Crippen LogP contribution in [-0.4, -0.2) is 37.2 Å². The summed E-state index contributed by atoms with van der Waals surface area (Å²) in [4.78, 5) is 0.104. The summed E-state index contributed by atoms with van der Waals surface area (Å²) in [5.74, 6) is 0.596. The van der Waals surface area contributed by atoms with Gasteiger partial charge in [-0.05, 0) is 49.2 Å². The molecule has 2 aromatic rings. The zero-order valence-corrected chi connectivity index (χ0v) is 16.9. The van der Waals surface area contributed by atoms with Crippen molar-refractivity contribution in [3.05, 3.63) is 47.5 Å². The van der Waals surface area contributed by atoms with Crippen molar-refractivity contribution in [1.29, 1.82) is 0 Å². The van der Waals surface area contributed by atoms with Crippen LogP contribution in [0.4, 0.5) is 11.4 Å². The number of hydrogen-bond acceptors (Lipinski definition) is 5. The minimum atomic E-state index is -3.92. The van der Waals surface area contributed by atoms with E-state index in [4.69, 9.17) is 4.74 Å². The largest absolute Gasteiger partial charge is 0.496 e. The number of ether oxygens (including phenoxy) is 1. The molecule has 0 aliphatic rings. The summed E-state index contributed by atoms with van der Waals surface area (Å²) >= 11 is 0. The van der Waals surface area contributed by atoms with Crippen LogP contribution in [-0.2, 0) is 20.0 Å². The minimum absolute atomic E-state index is 0.104. The van der Waals surface area contributed by atoms with Crippen molar-refractivity contribution in [2.24, 2.45) is 0 Å². The lowest BCUT2D eigenvalue weighted by atomic mass is 10.1. The second kappa shape index (κ2) is 7.16. The van der Waals surface area contributed by atoms with Crippen molar-refractivity contribution in [3.8, 4) is 5.75 Å². The maximum absolute atomic E-state index is 12.9. The van der Waals surface area contributed by atoms with E-state index in [-0.39, 0.29) is 16.3 Å². The molecule has 0 heterocycles. The molecule has 0 atom stereocenters. The molecule has 26 heavy (non-hydrogen) atoms. The molecule has 7 nitrogen and oxygen atoms in total. The fourth-order valence-corrected chi connectivity index (χ4v) is 4.39. The lowest BCUT2D eigenvalue weighted by Crippen LogP contribution is -2.26. The summed E-state index contributed by atoms with van der Waals surface area (Å²) in [5, 5.41) is 0. The Balaban J connectivity index is 2.51. The maximum Gasteiger partial charge on any atom is 0.262 e. The van der Waals surface area contributed by atoms with E-state index < -0.39 is 20.0 Å². The summed E-state index contributed by atoms with van der Waals surface area (Å²) in [5.41, 5.74) is 1.61. The molecule has 0 radical (unpaired) electrons. The van der Waals surface area contributed by atoms with E-state index in [1.54, 1.807) is 32.0 Å². The average Bonchev–Trinajstić information content (AvgIpc) is 2.55. The number of aryl methyl sites for hydroxylation is 2. The van der Waals surface area contributed by atoms with Gasteiger partial charge >= 0.3 is 0 Å². The molecule has 0 amide bonds. The monoisotopic (exact) mass is 398 g/mol. The van der Waals surface area contributed by atoms with Gasteiger partial charge in [0.2, 0.25) is 10.0 Å². The number of anilines is 2. The zero-order valence-electron chi connectivity index (χ0n) is 15.3. The Labute approximate surface area is 154 Å². The van der Waals surface area contributed by atoms with E-state index in [0.29, 0.717) is 16.9 Å². The third-order valence-electron chi connectivity index (χ3n) is 3.97. The third-order valence-corrected chi connectivity index (χ3v) is 6.67. The third kappa shape index (κ3) is 4.10. The van der Waals surface area contributed by atoms with Crippen LogP contribution in [0, 0.1) is 13.8 Å². The SMILES string of the molecule is COc1cc(C)c(S(=O)(=O)Nc2ccccc2N(C)S(C)(=O)=O)cc1C. The quantitative estimate of drug-likeness (QED) is 0.807. The van der Waals surface area contributed by atoms with Gasteiger partial charge in [0.05, 0.1) is 29.6 Å². The molecule has 0 aliphatic heterocycles. The van der Waals surface area contributed by atoms with Crippen LogP contribution in [0.25, 0.3) is 0 Å². The molecule has 0 fully saturated rings. The molecule has 1 N–H and O–H groups in total. The number of rotatable bonds is 6. The van der Waals surface area contributed by atoms with Crippen LogP contribution in [0.15, 0.2) is 41.3 Å². The van der Waals surface area contributed by atoms with Gasteiger partial charge in [0.25, 0.3) is 10.0 Å². The molecule has 0 saturated carbocycles. The molecule has 2 aromatic carbocycles. The van der Waals surface area contributed by atoms with Gasteiger partial charge in [-0.3, -0.25) is 9.03 Å². The Hall–Kier alpha value is -2.26. The van der Waals surface area contributed by atoms with Gasteiger partial charge in [-0.1, -0.05) is 12.1 Å². The second-order valence-corrected chi connectivity index (χ2v) is 9.61. The first-order valence-electron chi connectivity index (χ1n) is 7.68. The highest BCUT2D eigenvalue weighted by atomic mass is 32.2. The molecule has 142 valence electrons. The number of methoxy groups -OCH3 is 1. The van der Waals surface area contributed by atoms with Gasteiger partial charge < -0.3 is 4.74 Å². The van der Waals surface area contributed by atoms with Crippen LogP contribution in [0.2, 0.25) is 0 Å². The van der Waals surface area contributed by atoms with Crippen molar-refractivity contribution in [1.82, 2.24) is 0 Å². The van der Waals surface area contributed by atoms with E-state index >= 15 is 0 Å². The van der Waals surface area contributed by atoms with Gasteiger partial charge in [-0.2, -0.15) is 0 Å². The number of hydrogen-bond donors (Lipinski definition) is 1. The van der Waals surface area contributed by atoms with Gasteiger partial charge in [-0.15, -0.1) is 0 Å². The van der Waals surface area contributed by atoms with Gasteiger partial charge in [0, 0.05) is 7.05 Å². The van der Waals surface area contributed by atoms with Crippen LogP contribution in [0.3, 0.4) is 0 Å². The molecule has 0 unspecified atom stereocenters. The van der Waals surface area contributed by atoms with E-state index in [9.17, 15) is 16.8 Å². The van der Waals surface area contributed by atoms with E-state index in [1.807, 2.05) is 0 Å². The fraction of sp³-hybridized carbons (Fsp3) is 0.294. The highest BCUT2D eigenvalue weighted by molar-refractivity contribution is 7.93. The Morgan fingerprint density at radius 3 is 2.19 bits per heavy atom. The van der Waals surface area contributed by atoms with E-state index in [1.165, 1.54) is 32.4 Å². The van der Waals surface area contributed by atoms with Crippen molar-refractivity contribution < 1.29 is 21.6 Å². The normalized spacial score (nSPS) is 11.9. The molecule has 0 bridgehead atoms. The standard InChI is InChI=1S/C17H22N2O5S2/c1-12-11-17(13(2)10-16(12)24-4)26(22,23)18-14-8-6-7-9-15(14)19(3)25(5,20)21/h6-11,18H,1-5H3. The van der Waals surface area contributed by atoms with Gasteiger partial charge in [0.15, 0.2) is 0 Å². The van der Waals surface area contributed by atoms with Crippen molar-refractivity contribution in [2.45, 2.75) is 18.7 Å². The van der Waals surface area contributed by atoms with E-state index in [2.05, 4.69) is 4.72 Å². The zero-order chi connectivity index (χ0) is 19.7. The fourth-order valence-electron chi connectivity index (χ4n) is 2.49. The number of nitrogens with one attached hydrogen (secondary N) is 1. The van der Waals surface area contributed by atoms with Gasteiger partial charge in [-0.25, -0.2) is 16.8 Å². The molecule has 0 aliphatic carbocycles. The highest BCUT2D eigenvalue weighted by Gasteiger charge is 2.22. The smallest absolute Gasteiger partial charge is 0.262 e. The van der Waals surface area contributed by atoms with E-state index in [0.717, 1.165) is 10.6 Å². The van der Waals surface area contributed by atoms with Crippen molar-refractivity contribution in [2.75, 3.05) is 29.4 Å². The molecule has 0 spiro atoms. The predicted molar refractivity (Wildman–Crippen MR) is 103 cm³/mol. The lowest BCUT2D eigenvalue weighted by molar-refractivity contribution is 0.411. The summed E-state index contributed by atoms with van der Waals surface area (Å²) in [6.45, 7) is 3.42. The van der Waals surface area contributed by atoms with Crippen LogP contribution >= 0.6 is 0 Å².